The molecule has 2 aromatic rings. The second kappa shape index (κ2) is 11.0. The maximum absolute atomic E-state index is 13.1. The lowest BCUT2D eigenvalue weighted by molar-refractivity contribution is -0.142. The summed E-state index contributed by atoms with van der Waals surface area (Å²) in [6.07, 6.45) is 0.816. The third-order valence-electron chi connectivity index (χ3n) is 5.11. The second-order valence-corrected chi connectivity index (χ2v) is 8.14. The van der Waals surface area contributed by atoms with Crippen LogP contribution in [0.25, 0.3) is 0 Å². The number of hydrogen-bond donors (Lipinski definition) is 1. The van der Waals surface area contributed by atoms with Crippen LogP contribution in [0.4, 0.5) is 0 Å². The van der Waals surface area contributed by atoms with Crippen molar-refractivity contribution in [1.82, 2.24) is 10.2 Å². The first kappa shape index (κ1) is 23.7. The molecular weight excluding hydrogens is 400 g/mol. The van der Waals surface area contributed by atoms with E-state index in [1.54, 1.807) is 19.1 Å². The van der Waals surface area contributed by atoms with Crippen LogP contribution in [0.2, 0.25) is 5.02 Å². The van der Waals surface area contributed by atoms with Crippen molar-refractivity contribution < 1.29 is 14.3 Å². The molecule has 0 spiro atoms. The van der Waals surface area contributed by atoms with E-state index in [2.05, 4.69) is 5.32 Å². The van der Waals surface area contributed by atoms with E-state index in [9.17, 15) is 9.59 Å². The number of rotatable bonds is 9. The van der Waals surface area contributed by atoms with Crippen LogP contribution in [0.15, 0.2) is 42.5 Å². The number of aryl methyl sites for hydroxylation is 2. The summed E-state index contributed by atoms with van der Waals surface area (Å²) in [7, 11) is 0. The molecule has 0 aliphatic rings. The highest BCUT2D eigenvalue weighted by atomic mass is 35.5. The van der Waals surface area contributed by atoms with Crippen molar-refractivity contribution in [2.24, 2.45) is 0 Å². The van der Waals surface area contributed by atoms with Crippen molar-refractivity contribution in [2.45, 2.75) is 59.7 Å². The monoisotopic (exact) mass is 430 g/mol. The predicted octanol–water partition coefficient (Wildman–Crippen LogP) is 4.67. The zero-order chi connectivity index (χ0) is 22.3. The molecule has 162 valence electrons. The summed E-state index contributed by atoms with van der Waals surface area (Å²) in [6, 6.07) is 12.5. The summed E-state index contributed by atoms with van der Waals surface area (Å²) in [5.74, 6) is 0.219. The number of nitrogens with one attached hydrogen (secondary N) is 1. The first-order chi connectivity index (χ1) is 14.2. The van der Waals surface area contributed by atoms with E-state index in [1.807, 2.05) is 58.0 Å². The normalized spacial score (nSPS) is 12.7. The number of amides is 2. The Morgan fingerprint density at radius 3 is 2.53 bits per heavy atom. The first-order valence-electron chi connectivity index (χ1n) is 10.3. The molecule has 0 heterocycles. The van der Waals surface area contributed by atoms with Crippen molar-refractivity contribution in [3.8, 4) is 5.75 Å². The molecule has 0 saturated heterocycles. The predicted molar refractivity (Wildman–Crippen MR) is 121 cm³/mol. The summed E-state index contributed by atoms with van der Waals surface area (Å²) in [4.78, 5) is 27.3. The van der Waals surface area contributed by atoms with Gasteiger partial charge in [-0.3, -0.25) is 9.59 Å². The molecule has 2 amide bonds. The van der Waals surface area contributed by atoms with Gasteiger partial charge in [-0.25, -0.2) is 0 Å². The summed E-state index contributed by atoms with van der Waals surface area (Å²) in [6.45, 7) is 9.71. The SMILES string of the molecule is CCC(C)NC(=O)C(C)N(Cc1cccc(Cl)c1)C(=O)COc1cc(C)ccc1C. The van der Waals surface area contributed by atoms with Gasteiger partial charge >= 0.3 is 0 Å². The van der Waals surface area contributed by atoms with E-state index in [0.717, 1.165) is 23.1 Å². The van der Waals surface area contributed by atoms with Gasteiger partial charge in [0, 0.05) is 17.6 Å². The van der Waals surface area contributed by atoms with Gasteiger partial charge in [0.05, 0.1) is 0 Å². The lowest BCUT2D eigenvalue weighted by atomic mass is 10.1. The van der Waals surface area contributed by atoms with Gasteiger partial charge in [-0.15, -0.1) is 0 Å². The largest absolute Gasteiger partial charge is 0.483 e. The van der Waals surface area contributed by atoms with Crippen LogP contribution < -0.4 is 10.1 Å². The molecule has 2 unspecified atom stereocenters. The number of carbonyl (C=O) groups is 2. The summed E-state index contributed by atoms with van der Waals surface area (Å²) >= 11 is 6.10. The highest BCUT2D eigenvalue weighted by Crippen LogP contribution is 2.20. The minimum absolute atomic E-state index is 0.0364. The fraction of sp³-hybridized carbons (Fsp3) is 0.417. The Morgan fingerprint density at radius 2 is 1.87 bits per heavy atom. The van der Waals surface area contributed by atoms with Crippen molar-refractivity contribution >= 4 is 23.4 Å². The molecule has 2 atom stereocenters. The molecular formula is C24H31ClN2O3. The molecule has 2 rings (SSSR count). The van der Waals surface area contributed by atoms with Crippen molar-refractivity contribution in [3.63, 3.8) is 0 Å². The van der Waals surface area contributed by atoms with Crippen LogP contribution >= 0.6 is 11.6 Å². The number of nitrogens with zero attached hydrogens (tertiary/aromatic N) is 1. The van der Waals surface area contributed by atoms with Crippen molar-refractivity contribution in [3.05, 3.63) is 64.2 Å². The van der Waals surface area contributed by atoms with E-state index in [0.29, 0.717) is 10.8 Å². The lowest BCUT2D eigenvalue weighted by Crippen LogP contribution is -2.50. The number of ether oxygens (including phenoxy) is 1. The van der Waals surface area contributed by atoms with Crippen molar-refractivity contribution in [1.29, 1.82) is 0 Å². The van der Waals surface area contributed by atoms with E-state index in [1.165, 1.54) is 4.90 Å². The first-order valence-corrected chi connectivity index (χ1v) is 10.6. The van der Waals surface area contributed by atoms with Gasteiger partial charge in [-0.05, 0) is 69.0 Å². The molecule has 30 heavy (non-hydrogen) atoms. The average molecular weight is 431 g/mol. The zero-order valence-electron chi connectivity index (χ0n) is 18.4. The fourth-order valence-corrected chi connectivity index (χ4v) is 3.18. The minimum Gasteiger partial charge on any atom is -0.483 e. The smallest absolute Gasteiger partial charge is 0.261 e. The van der Waals surface area contributed by atoms with Gasteiger partial charge in [-0.2, -0.15) is 0 Å². The highest BCUT2D eigenvalue weighted by molar-refractivity contribution is 6.30. The Hall–Kier alpha value is -2.53. The molecule has 2 aromatic carbocycles. The lowest BCUT2D eigenvalue weighted by Gasteiger charge is -2.29. The average Bonchev–Trinajstić information content (AvgIpc) is 2.71. The molecule has 0 fully saturated rings. The summed E-state index contributed by atoms with van der Waals surface area (Å²) in [5, 5.41) is 3.54. The van der Waals surface area contributed by atoms with E-state index < -0.39 is 6.04 Å². The van der Waals surface area contributed by atoms with Gasteiger partial charge in [-0.1, -0.05) is 42.8 Å². The van der Waals surface area contributed by atoms with Gasteiger partial charge < -0.3 is 15.0 Å². The maximum atomic E-state index is 13.1. The van der Waals surface area contributed by atoms with Gasteiger partial charge in [0.1, 0.15) is 11.8 Å². The molecule has 1 N–H and O–H groups in total. The van der Waals surface area contributed by atoms with E-state index in [-0.39, 0.29) is 31.0 Å². The topological polar surface area (TPSA) is 58.6 Å². The molecule has 6 heteroatoms. The number of carbonyl (C=O) groups excluding carboxylic acids is 2. The number of benzene rings is 2. The van der Waals surface area contributed by atoms with Gasteiger partial charge in [0.15, 0.2) is 6.61 Å². The van der Waals surface area contributed by atoms with Crippen LogP contribution in [-0.4, -0.2) is 35.4 Å². The fourth-order valence-electron chi connectivity index (χ4n) is 2.97. The molecule has 0 aliphatic carbocycles. The molecule has 5 nitrogen and oxygen atoms in total. The van der Waals surface area contributed by atoms with E-state index in [4.69, 9.17) is 16.3 Å². The molecule has 0 aromatic heterocycles. The molecule has 0 aliphatic heterocycles. The van der Waals surface area contributed by atoms with Gasteiger partial charge in [0.25, 0.3) is 5.91 Å². The second-order valence-electron chi connectivity index (χ2n) is 7.70. The molecule has 0 bridgehead atoms. The highest BCUT2D eigenvalue weighted by Gasteiger charge is 2.27. The Balaban J connectivity index is 2.19. The quantitative estimate of drug-likeness (QED) is 0.629. The van der Waals surface area contributed by atoms with Crippen LogP contribution in [0.5, 0.6) is 5.75 Å². The summed E-state index contributed by atoms with van der Waals surface area (Å²) in [5.41, 5.74) is 2.86. The molecule has 0 saturated carbocycles. The number of hydrogen-bond acceptors (Lipinski definition) is 3. The maximum Gasteiger partial charge on any atom is 0.261 e. The standard InChI is InChI=1S/C24H31ClN2O3/c1-6-18(4)26-24(29)19(5)27(14-20-8-7-9-21(25)13-20)23(28)15-30-22-12-16(2)10-11-17(22)3/h7-13,18-19H,6,14-15H2,1-5H3,(H,26,29). The minimum atomic E-state index is -0.646. The third-order valence-corrected chi connectivity index (χ3v) is 5.34. The van der Waals surface area contributed by atoms with Crippen LogP contribution in [0, 0.1) is 13.8 Å². The van der Waals surface area contributed by atoms with Crippen LogP contribution in [0.1, 0.15) is 43.9 Å². The van der Waals surface area contributed by atoms with Gasteiger partial charge in [0.2, 0.25) is 5.91 Å². The number of halogens is 1. The van der Waals surface area contributed by atoms with E-state index >= 15 is 0 Å². The molecule has 0 radical (unpaired) electrons. The van der Waals surface area contributed by atoms with Crippen LogP contribution in [0.3, 0.4) is 0 Å². The Labute approximate surface area is 184 Å². The Morgan fingerprint density at radius 1 is 1.13 bits per heavy atom. The third kappa shape index (κ3) is 6.77. The van der Waals surface area contributed by atoms with Crippen molar-refractivity contribution in [2.75, 3.05) is 6.61 Å². The Kier molecular flexibility index (Phi) is 8.72. The zero-order valence-corrected chi connectivity index (χ0v) is 19.1. The Bertz CT molecular complexity index is 885. The summed E-state index contributed by atoms with van der Waals surface area (Å²) < 4.78 is 5.81. The van der Waals surface area contributed by atoms with Crippen LogP contribution in [-0.2, 0) is 16.1 Å².